The highest BCUT2D eigenvalue weighted by Crippen LogP contribution is 2.36. The number of ether oxygens (including phenoxy) is 3. The predicted molar refractivity (Wildman–Crippen MR) is 117 cm³/mol. The standard InChI is InChI=1S/C23H29N3O7/c1-14(21(28)25-23(30)24-16-5-3-2-4-6-16)33-22(29)15-11-20(27)26(13-15)17-7-8-18-19(12-17)32-10-9-31-18/h7-8,12,14-16H,2-6,9-11,13H2,1H3,(H2,24,25,28,30)/t14-,15+/m0/s1. The number of amides is 4. The maximum Gasteiger partial charge on any atom is 0.321 e. The van der Waals surface area contributed by atoms with Gasteiger partial charge in [-0.15, -0.1) is 0 Å². The summed E-state index contributed by atoms with van der Waals surface area (Å²) in [7, 11) is 0. The SMILES string of the molecule is C[C@H](OC(=O)[C@@H]1CC(=O)N(c2ccc3c(c2)OCCO3)C1)C(=O)NC(=O)NC1CCCCC1. The van der Waals surface area contributed by atoms with Gasteiger partial charge in [0.1, 0.15) is 13.2 Å². The van der Waals surface area contributed by atoms with Gasteiger partial charge in [-0.3, -0.25) is 19.7 Å². The van der Waals surface area contributed by atoms with Crippen molar-refractivity contribution in [2.45, 2.75) is 57.6 Å². The van der Waals surface area contributed by atoms with Crippen molar-refractivity contribution in [3.63, 3.8) is 0 Å². The molecule has 1 saturated carbocycles. The number of imide groups is 1. The van der Waals surface area contributed by atoms with Crippen molar-refractivity contribution in [1.82, 2.24) is 10.6 Å². The summed E-state index contributed by atoms with van der Waals surface area (Å²) in [6.07, 6.45) is 3.86. The Morgan fingerprint density at radius 3 is 2.58 bits per heavy atom. The second-order valence-corrected chi connectivity index (χ2v) is 8.61. The second kappa shape index (κ2) is 10.1. The normalized spacial score (nSPS) is 21.3. The molecule has 4 rings (SSSR count). The molecule has 10 heteroatoms. The van der Waals surface area contributed by atoms with E-state index in [9.17, 15) is 19.2 Å². The van der Waals surface area contributed by atoms with Gasteiger partial charge in [-0.05, 0) is 31.9 Å². The van der Waals surface area contributed by atoms with Gasteiger partial charge in [-0.25, -0.2) is 4.79 Å². The minimum atomic E-state index is -1.16. The molecule has 2 aliphatic heterocycles. The molecule has 0 spiro atoms. The number of fused-ring (bicyclic) bond motifs is 1. The summed E-state index contributed by atoms with van der Waals surface area (Å²) in [6, 6.07) is 4.64. The number of esters is 1. The number of carbonyl (C=O) groups is 4. The quantitative estimate of drug-likeness (QED) is 0.645. The number of urea groups is 1. The molecule has 4 amide bonds. The number of benzene rings is 1. The first-order valence-electron chi connectivity index (χ1n) is 11.4. The molecular formula is C23H29N3O7. The Labute approximate surface area is 191 Å². The maximum atomic E-state index is 12.6. The third kappa shape index (κ3) is 5.55. The molecule has 2 atom stereocenters. The van der Waals surface area contributed by atoms with Crippen molar-refractivity contribution >= 4 is 29.5 Å². The lowest BCUT2D eigenvalue weighted by atomic mass is 9.96. The molecule has 10 nitrogen and oxygen atoms in total. The van der Waals surface area contributed by atoms with Crippen molar-refractivity contribution < 1.29 is 33.4 Å². The van der Waals surface area contributed by atoms with Gasteiger partial charge < -0.3 is 24.4 Å². The van der Waals surface area contributed by atoms with Gasteiger partial charge in [0.25, 0.3) is 5.91 Å². The number of hydrogen-bond donors (Lipinski definition) is 2. The van der Waals surface area contributed by atoms with Crippen LogP contribution in [0, 0.1) is 5.92 Å². The summed E-state index contributed by atoms with van der Waals surface area (Å²) in [4.78, 5) is 50.9. The molecule has 2 fully saturated rings. The van der Waals surface area contributed by atoms with E-state index in [1.165, 1.54) is 11.8 Å². The predicted octanol–water partition coefficient (Wildman–Crippen LogP) is 1.90. The fourth-order valence-corrected chi connectivity index (χ4v) is 4.32. The van der Waals surface area contributed by atoms with Crippen LogP contribution in [-0.2, 0) is 19.1 Å². The van der Waals surface area contributed by atoms with E-state index >= 15 is 0 Å². The number of carbonyl (C=O) groups excluding carboxylic acids is 4. The van der Waals surface area contributed by atoms with Crippen molar-refractivity contribution in [3.05, 3.63) is 18.2 Å². The minimum Gasteiger partial charge on any atom is -0.486 e. The number of anilines is 1. The van der Waals surface area contributed by atoms with E-state index in [0.29, 0.717) is 30.4 Å². The smallest absolute Gasteiger partial charge is 0.321 e. The lowest BCUT2D eigenvalue weighted by Crippen LogP contribution is -2.48. The van der Waals surface area contributed by atoms with E-state index in [2.05, 4.69) is 10.6 Å². The summed E-state index contributed by atoms with van der Waals surface area (Å²) in [5.41, 5.74) is 0.602. The topological polar surface area (TPSA) is 123 Å². The van der Waals surface area contributed by atoms with E-state index in [0.717, 1.165) is 32.1 Å². The largest absolute Gasteiger partial charge is 0.486 e. The third-order valence-corrected chi connectivity index (χ3v) is 6.14. The van der Waals surface area contributed by atoms with E-state index in [1.807, 2.05) is 0 Å². The average Bonchev–Trinajstić information content (AvgIpc) is 3.21. The van der Waals surface area contributed by atoms with E-state index in [1.54, 1.807) is 18.2 Å². The van der Waals surface area contributed by atoms with Crippen LogP contribution in [-0.4, -0.2) is 55.7 Å². The van der Waals surface area contributed by atoms with E-state index < -0.39 is 29.9 Å². The van der Waals surface area contributed by atoms with Crippen LogP contribution in [0.25, 0.3) is 0 Å². The second-order valence-electron chi connectivity index (χ2n) is 8.61. The zero-order chi connectivity index (χ0) is 23.4. The number of nitrogens with one attached hydrogen (secondary N) is 2. The van der Waals surface area contributed by atoms with Crippen LogP contribution in [0.1, 0.15) is 45.4 Å². The van der Waals surface area contributed by atoms with Crippen LogP contribution >= 0.6 is 0 Å². The zero-order valence-corrected chi connectivity index (χ0v) is 18.6. The summed E-state index contributed by atoms with van der Waals surface area (Å²) < 4.78 is 16.3. The molecule has 0 unspecified atom stereocenters. The molecule has 178 valence electrons. The van der Waals surface area contributed by atoms with E-state index in [4.69, 9.17) is 14.2 Å². The maximum absolute atomic E-state index is 12.6. The number of rotatable bonds is 5. The van der Waals surface area contributed by atoms with Gasteiger partial charge in [-0.1, -0.05) is 19.3 Å². The molecule has 3 aliphatic rings. The highest BCUT2D eigenvalue weighted by atomic mass is 16.6. The Kier molecular flexibility index (Phi) is 7.00. The van der Waals surface area contributed by atoms with Crippen LogP contribution in [0.15, 0.2) is 18.2 Å². The van der Waals surface area contributed by atoms with Crippen LogP contribution < -0.4 is 25.0 Å². The van der Waals surface area contributed by atoms with Gasteiger partial charge in [0.05, 0.1) is 5.92 Å². The highest BCUT2D eigenvalue weighted by Gasteiger charge is 2.38. The van der Waals surface area contributed by atoms with Crippen LogP contribution in [0.3, 0.4) is 0 Å². The summed E-state index contributed by atoms with van der Waals surface area (Å²) in [5.74, 6) is -1.13. The highest BCUT2D eigenvalue weighted by molar-refractivity contribution is 6.01. The fraction of sp³-hybridized carbons (Fsp3) is 0.565. The Hall–Kier alpha value is -3.30. The summed E-state index contributed by atoms with van der Waals surface area (Å²) in [6.45, 7) is 2.43. The molecule has 0 bridgehead atoms. The third-order valence-electron chi connectivity index (χ3n) is 6.14. The summed E-state index contributed by atoms with van der Waals surface area (Å²) >= 11 is 0. The lowest BCUT2D eigenvalue weighted by Gasteiger charge is -2.23. The molecule has 1 saturated heterocycles. The molecule has 0 aromatic heterocycles. The Morgan fingerprint density at radius 1 is 1.09 bits per heavy atom. The molecule has 2 N–H and O–H groups in total. The average molecular weight is 459 g/mol. The number of nitrogens with zero attached hydrogens (tertiary/aromatic N) is 1. The van der Waals surface area contributed by atoms with Gasteiger partial charge >= 0.3 is 12.0 Å². The molecule has 1 aliphatic carbocycles. The first-order chi connectivity index (χ1) is 15.9. The molecule has 33 heavy (non-hydrogen) atoms. The Bertz CT molecular complexity index is 929. The first-order valence-corrected chi connectivity index (χ1v) is 11.4. The number of hydrogen-bond acceptors (Lipinski definition) is 7. The van der Waals surface area contributed by atoms with Crippen molar-refractivity contribution in [3.8, 4) is 11.5 Å². The Balaban J connectivity index is 1.28. The first kappa shape index (κ1) is 22.9. The van der Waals surface area contributed by atoms with Crippen LogP contribution in [0.4, 0.5) is 10.5 Å². The van der Waals surface area contributed by atoms with Gasteiger partial charge in [0, 0.05) is 30.8 Å². The minimum absolute atomic E-state index is 0.0240. The molecule has 1 aromatic rings. The van der Waals surface area contributed by atoms with E-state index in [-0.39, 0.29) is 24.9 Å². The summed E-state index contributed by atoms with van der Waals surface area (Å²) in [5, 5.41) is 5.01. The molecule has 2 heterocycles. The lowest BCUT2D eigenvalue weighted by molar-refractivity contribution is -0.158. The molecule has 1 aromatic carbocycles. The molecular weight excluding hydrogens is 430 g/mol. The van der Waals surface area contributed by atoms with Gasteiger partial charge in [0.15, 0.2) is 17.6 Å². The van der Waals surface area contributed by atoms with Gasteiger partial charge in [-0.2, -0.15) is 0 Å². The monoisotopic (exact) mass is 459 g/mol. The van der Waals surface area contributed by atoms with Crippen molar-refractivity contribution in [2.24, 2.45) is 5.92 Å². The van der Waals surface area contributed by atoms with Crippen LogP contribution in [0.5, 0.6) is 11.5 Å². The van der Waals surface area contributed by atoms with Crippen LogP contribution in [0.2, 0.25) is 0 Å². The Morgan fingerprint density at radius 2 is 1.82 bits per heavy atom. The zero-order valence-electron chi connectivity index (χ0n) is 18.6. The fourth-order valence-electron chi connectivity index (χ4n) is 4.32. The molecule has 0 radical (unpaired) electrons. The van der Waals surface area contributed by atoms with Crippen molar-refractivity contribution in [2.75, 3.05) is 24.7 Å². The van der Waals surface area contributed by atoms with Gasteiger partial charge in [0.2, 0.25) is 5.91 Å². The van der Waals surface area contributed by atoms with Crippen molar-refractivity contribution in [1.29, 1.82) is 0 Å².